The van der Waals surface area contributed by atoms with E-state index in [2.05, 4.69) is 10.3 Å². The molecule has 0 amide bonds. The molecule has 13 heavy (non-hydrogen) atoms. The zero-order valence-corrected chi connectivity index (χ0v) is 8.02. The van der Waals surface area contributed by atoms with Gasteiger partial charge >= 0.3 is 0 Å². The van der Waals surface area contributed by atoms with Crippen molar-refractivity contribution in [3.8, 4) is 0 Å². The lowest BCUT2D eigenvalue weighted by Crippen LogP contribution is -2.09. The van der Waals surface area contributed by atoms with Gasteiger partial charge in [-0.25, -0.2) is 4.68 Å². The van der Waals surface area contributed by atoms with Gasteiger partial charge in [0.15, 0.2) is 12.0 Å². The molecule has 0 aliphatic carbocycles. The molecule has 0 bridgehead atoms. The van der Waals surface area contributed by atoms with E-state index in [1.54, 1.807) is 11.8 Å². The van der Waals surface area contributed by atoms with Gasteiger partial charge in [0.05, 0.1) is 12.3 Å². The molecule has 0 aromatic carbocycles. The number of nitrogens with zero attached hydrogens (tertiary/aromatic N) is 3. The number of aldehydes is 1. The van der Waals surface area contributed by atoms with Gasteiger partial charge in [-0.2, -0.15) is 0 Å². The van der Waals surface area contributed by atoms with E-state index in [1.807, 2.05) is 13.8 Å². The topological polar surface area (TPSA) is 57.0 Å². The van der Waals surface area contributed by atoms with Crippen LogP contribution in [0.25, 0.3) is 0 Å². The molecule has 1 heterocycles. The molecule has 5 heteroatoms. The van der Waals surface area contributed by atoms with Crippen molar-refractivity contribution in [1.29, 1.82) is 0 Å². The molecule has 0 aliphatic heterocycles. The van der Waals surface area contributed by atoms with Crippen LogP contribution in [0, 0.1) is 0 Å². The zero-order valence-electron chi connectivity index (χ0n) is 8.02. The Hall–Kier alpha value is -1.23. The van der Waals surface area contributed by atoms with Gasteiger partial charge in [-0.3, -0.25) is 4.79 Å². The van der Waals surface area contributed by atoms with E-state index in [1.165, 1.54) is 0 Å². The van der Waals surface area contributed by atoms with Crippen LogP contribution >= 0.6 is 0 Å². The van der Waals surface area contributed by atoms with Crippen molar-refractivity contribution in [2.24, 2.45) is 0 Å². The average Bonchev–Trinajstić information content (AvgIpc) is 2.48. The van der Waals surface area contributed by atoms with Gasteiger partial charge in [0, 0.05) is 13.2 Å². The number of aromatic nitrogens is 3. The zero-order chi connectivity index (χ0) is 9.84. The van der Waals surface area contributed by atoms with E-state index in [9.17, 15) is 4.79 Å². The number of ether oxygens (including phenoxy) is 1. The van der Waals surface area contributed by atoms with E-state index < -0.39 is 0 Å². The highest BCUT2D eigenvalue weighted by Crippen LogP contribution is 2.10. The van der Waals surface area contributed by atoms with Gasteiger partial charge in [-0.05, 0) is 13.8 Å². The predicted octanol–water partition coefficient (Wildman–Crippen LogP) is 0.818. The summed E-state index contributed by atoms with van der Waals surface area (Å²) >= 11 is 0. The van der Waals surface area contributed by atoms with Crippen molar-refractivity contribution < 1.29 is 9.53 Å². The van der Waals surface area contributed by atoms with Gasteiger partial charge in [0.25, 0.3) is 0 Å². The summed E-state index contributed by atoms with van der Waals surface area (Å²) in [5.41, 5.74) is 1.09. The summed E-state index contributed by atoms with van der Waals surface area (Å²) in [7, 11) is 1.58. The lowest BCUT2D eigenvalue weighted by molar-refractivity contribution is 0.111. The smallest absolute Gasteiger partial charge is 0.172 e. The summed E-state index contributed by atoms with van der Waals surface area (Å²) in [5, 5.41) is 7.60. The molecule has 72 valence electrons. The molecule has 1 aromatic rings. The minimum absolute atomic E-state index is 0.186. The van der Waals surface area contributed by atoms with Gasteiger partial charge in [-0.1, -0.05) is 5.21 Å². The number of methoxy groups -OCH3 is 1. The Morgan fingerprint density at radius 1 is 1.62 bits per heavy atom. The molecule has 0 fully saturated rings. The Kier molecular flexibility index (Phi) is 3.13. The number of hydrogen-bond donors (Lipinski definition) is 0. The molecule has 1 rings (SSSR count). The second-order valence-corrected chi connectivity index (χ2v) is 3.01. The Morgan fingerprint density at radius 3 is 2.77 bits per heavy atom. The van der Waals surface area contributed by atoms with E-state index in [-0.39, 0.29) is 6.04 Å². The Bertz CT molecular complexity index is 294. The molecule has 5 nitrogen and oxygen atoms in total. The maximum absolute atomic E-state index is 10.6. The summed E-state index contributed by atoms with van der Waals surface area (Å²) in [6, 6.07) is 0.186. The van der Waals surface area contributed by atoms with Gasteiger partial charge in [0.1, 0.15) is 0 Å². The van der Waals surface area contributed by atoms with Crippen molar-refractivity contribution in [2.45, 2.75) is 26.5 Å². The summed E-state index contributed by atoms with van der Waals surface area (Å²) in [5.74, 6) is 0. The Labute approximate surface area is 76.7 Å². The standard InChI is InChI=1S/C8H13N3O2/c1-6(2)11-8(5-13-3)7(4-12)9-10-11/h4,6H,5H2,1-3H3. The summed E-state index contributed by atoms with van der Waals surface area (Å²) in [6.45, 7) is 4.31. The molecule has 0 unspecified atom stereocenters. The largest absolute Gasteiger partial charge is 0.378 e. The highest BCUT2D eigenvalue weighted by Gasteiger charge is 2.13. The third-order valence-corrected chi connectivity index (χ3v) is 1.70. The second kappa shape index (κ2) is 4.13. The maximum atomic E-state index is 10.6. The lowest BCUT2D eigenvalue weighted by Gasteiger charge is -2.08. The van der Waals surface area contributed by atoms with Crippen LogP contribution in [0.1, 0.15) is 36.1 Å². The number of rotatable bonds is 4. The van der Waals surface area contributed by atoms with Crippen LogP contribution < -0.4 is 0 Å². The first-order valence-electron chi connectivity index (χ1n) is 4.08. The van der Waals surface area contributed by atoms with Crippen LogP contribution in [0.5, 0.6) is 0 Å². The molecule has 0 radical (unpaired) electrons. The van der Waals surface area contributed by atoms with Crippen LogP contribution in [0.2, 0.25) is 0 Å². The van der Waals surface area contributed by atoms with Crippen LogP contribution in [-0.4, -0.2) is 28.4 Å². The molecule has 0 aliphatic rings. The minimum atomic E-state index is 0.186. The van der Waals surface area contributed by atoms with E-state index >= 15 is 0 Å². The highest BCUT2D eigenvalue weighted by atomic mass is 16.5. The van der Waals surface area contributed by atoms with Gasteiger partial charge in [-0.15, -0.1) is 5.10 Å². The van der Waals surface area contributed by atoms with Crippen LogP contribution in [-0.2, 0) is 11.3 Å². The fraction of sp³-hybridized carbons (Fsp3) is 0.625. The van der Waals surface area contributed by atoms with E-state index in [4.69, 9.17) is 4.74 Å². The number of hydrogen-bond acceptors (Lipinski definition) is 4. The molecule has 0 saturated heterocycles. The van der Waals surface area contributed by atoms with Crippen molar-refractivity contribution in [2.75, 3.05) is 7.11 Å². The number of carbonyl (C=O) groups excluding carboxylic acids is 1. The highest BCUT2D eigenvalue weighted by molar-refractivity contribution is 5.73. The van der Waals surface area contributed by atoms with Crippen molar-refractivity contribution in [3.05, 3.63) is 11.4 Å². The normalized spacial score (nSPS) is 10.8. The second-order valence-electron chi connectivity index (χ2n) is 3.01. The Balaban J connectivity index is 3.05. The van der Waals surface area contributed by atoms with Gasteiger partial charge in [0.2, 0.25) is 0 Å². The van der Waals surface area contributed by atoms with E-state index in [0.29, 0.717) is 18.6 Å². The molecule has 1 aromatic heterocycles. The van der Waals surface area contributed by atoms with Crippen LogP contribution in [0.15, 0.2) is 0 Å². The van der Waals surface area contributed by atoms with Crippen LogP contribution in [0.3, 0.4) is 0 Å². The van der Waals surface area contributed by atoms with Crippen LogP contribution in [0.4, 0.5) is 0 Å². The molecule has 0 saturated carbocycles. The summed E-state index contributed by atoms with van der Waals surface area (Å²) in [4.78, 5) is 10.6. The molecular weight excluding hydrogens is 170 g/mol. The fourth-order valence-electron chi connectivity index (χ4n) is 1.11. The first-order valence-corrected chi connectivity index (χ1v) is 4.08. The fourth-order valence-corrected chi connectivity index (χ4v) is 1.11. The molecule has 0 atom stereocenters. The first-order chi connectivity index (χ1) is 6.20. The third kappa shape index (κ3) is 1.92. The first kappa shape index (κ1) is 9.85. The minimum Gasteiger partial charge on any atom is -0.378 e. The predicted molar refractivity (Wildman–Crippen MR) is 46.5 cm³/mol. The molecular formula is C8H13N3O2. The Morgan fingerprint density at radius 2 is 2.31 bits per heavy atom. The SMILES string of the molecule is COCc1c(C=O)nnn1C(C)C. The third-order valence-electron chi connectivity index (χ3n) is 1.70. The summed E-state index contributed by atoms with van der Waals surface area (Å²) in [6.07, 6.45) is 0.695. The lowest BCUT2D eigenvalue weighted by atomic mass is 10.3. The molecule has 0 spiro atoms. The van der Waals surface area contributed by atoms with Crippen molar-refractivity contribution >= 4 is 6.29 Å². The molecule has 0 N–H and O–H groups in total. The monoisotopic (exact) mass is 183 g/mol. The quantitative estimate of drug-likeness (QED) is 0.648. The maximum Gasteiger partial charge on any atom is 0.172 e. The summed E-state index contributed by atoms with van der Waals surface area (Å²) < 4.78 is 6.65. The average molecular weight is 183 g/mol. The van der Waals surface area contributed by atoms with Crippen molar-refractivity contribution in [1.82, 2.24) is 15.0 Å². The van der Waals surface area contributed by atoms with E-state index in [0.717, 1.165) is 5.69 Å². The number of carbonyl (C=O) groups is 1. The van der Waals surface area contributed by atoms with Crippen molar-refractivity contribution in [3.63, 3.8) is 0 Å². The van der Waals surface area contributed by atoms with Gasteiger partial charge < -0.3 is 4.74 Å².